The average Bonchev–Trinajstić information content (AvgIpc) is 3.24. The number of carbonyl (C=O) groups excluding carboxylic acids is 2. The topological polar surface area (TPSA) is 81.0 Å². The fraction of sp³-hybridized carbons (Fsp3) is 0.241. The Balaban J connectivity index is 1.52. The van der Waals surface area contributed by atoms with Crippen LogP contribution in [0.25, 0.3) is 11.0 Å². The Hall–Kier alpha value is -4.26. The lowest BCUT2D eigenvalue weighted by molar-refractivity contribution is -0.133. The Morgan fingerprint density at radius 2 is 1.72 bits per heavy atom. The Bertz CT molecular complexity index is 1440. The standard InChI is InChI=1S/C29H28N2O5/c1-19-10-4-5-12-21(19)17-31-27(32)26-25(22-13-7-9-15-24(22)36-26)35-18-29(31,2)28(33)30-16-20-11-6-8-14-23(20)34-3/h4-15H,16-18H2,1-3H3,(H,30,33). The second-order valence-corrected chi connectivity index (χ2v) is 9.13. The molecule has 184 valence electrons. The number of nitrogens with zero attached hydrogens (tertiary/aromatic N) is 1. The fourth-order valence-electron chi connectivity index (χ4n) is 4.55. The van der Waals surface area contributed by atoms with Crippen LogP contribution in [0.1, 0.15) is 34.2 Å². The third-order valence-corrected chi connectivity index (χ3v) is 6.79. The van der Waals surface area contributed by atoms with Gasteiger partial charge in [0.15, 0.2) is 11.3 Å². The van der Waals surface area contributed by atoms with E-state index < -0.39 is 11.4 Å². The maximum absolute atomic E-state index is 14.0. The largest absolute Gasteiger partial charge is 0.496 e. The second kappa shape index (κ2) is 9.41. The lowest BCUT2D eigenvalue weighted by Crippen LogP contribution is -2.60. The van der Waals surface area contributed by atoms with E-state index in [4.69, 9.17) is 13.9 Å². The van der Waals surface area contributed by atoms with E-state index in [1.54, 1.807) is 25.0 Å². The minimum Gasteiger partial charge on any atom is -0.496 e. The summed E-state index contributed by atoms with van der Waals surface area (Å²) >= 11 is 0. The number of methoxy groups -OCH3 is 1. The monoisotopic (exact) mass is 484 g/mol. The van der Waals surface area contributed by atoms with Gasteiger partial charge in [-0.05, 0) is 43.2 Å². The molecule has 0 fully saturated rings. The molecule has 3 aromatic carbocycles. The zero-order valence-electron chi connectivity index (χ0n) is 20.5. The molecule has 4 aromatic rings. The zero-order valence-corrected chi connectivity index (χ0v) is 20.5. The molecule has 2 amide bonds. The highest BCUT2D eigenvalue weighted by molar-refractivity contribution is 6.04. The van der Waals surface area contributed by atoms with Crippen LogP contribution in [0.5, 0.6) is 11.5 Å². The van der Waals surface area contributed by atoms with Crippen LogP contribution in [0.3, 0.4) is 0 Å². The Morgan fingerprint density at radius 3 is 2.50 bits per heavy atom. The molecular weight excluding hydrogens is 456 g/mol. The number of nitrogens with one attached hydrogen (secondary N) is 1. The van der Waals surface area contributed by atoms with Crippen molar-refractivity contribution in [3.05, 3.63) is 95.2 Å². The summed E-state index contributed by atoms with van der Waals surface area (Å²) in [5, 5.41) is 3.70. The third kappa shape index (κ3) is 4.06. The molecule has 7 heteroatoms. The summed E-state index contributed by atoms with van der Waals surface area (Å²) in [5.74, 6) is 0.429. The smallest absolute Gasteiger partial charge is 0.294 e. The normalized spacial score (nSPS) is 17.3. The van der Waals surface area contributed by atoms with Crippen molar-refractivity contribution in [2.24, 2.45) is 0 Å². The van der Waals surface area contributed by atoms with Gasteiger partial charge in [-0.25, -0.2) is 0 Å². The number of furan rings is 1. The zero-order chi connectivity index (χ0) is 25.3. The maximum Gasteiger partial charge on any atom is 0.294 e. The van der Waals surface area contributed by atoms with Gasteiger partial charge >= 0.3 is 0 Å². The highest BCUT2D eigenvalue weighted by Crippen LogP contribution is 2.39. The number of para-hydroxylation sites is 2. The SMILES string of the molecule is COc1ccccc1CNC(=O)C1(C)COc2c(oc3ccccc23)C(=O)N1Cc1ccccc1C. The van der Waals surface area contributed by atoms with Gasteiger partial charge in [-0.3, -0.25) is 9.59 Å². The van der Waals surface area contributed by atoms with Crippen LogP contribution in [0, 0.1) is 6.92 Å². The number of hydrogen-bond donors (Lipinski definition) is 1. The van der Waals surface area contributed by atoms with Crippen molar-refractivity contribution in [3.8, 4) is 11.5 Å². The number of hydrogen-bond acceptors (Lipinski definition) is 5. The first-order valence-electron chi connectivity index (χ1n) is 11.8. The maximum atomic E-state index is 14.0. The van der Waals surface area contributed by atoms with Crippen LogP contribution in [0.2, 0.25) is 0 Å². The van der Waals surface area contributed by atoms with Crippen LogP contribution in [0.15, 0.2) is 77.2 Å². The summed E-state index contributed by atoms with van der Waals surface area (Å²) in [6, 6.07) is 22.7. The Kier molecular flexibility index (Phi) is 6.14. The van der Waals surface area contributed by atoms with Crippen molar-refractivity contribution in [2.45, 2.75) is 32.5 Å². The number of ether oxygens (including phenoxy) is 2. The second-order valence-electron chi connectivity index (χ2n) is 9.13. The van der Waals surface area contributed by atoms with Crippen molar-refractivity contribution in [3.63, 3.8) is 0 Å². The van der Waals surface area contributed by atoms with Gasteiger partial charge in [0.2, 0.25) is 11.7 Å². The van der Waals surface area contributed by atoms with Gasteiger partial charge in [-0.2, -0.15) is 0 Å². The van der Waals surface area contributed by atoms with Crippen LogP contribution in [-0.2, 0) is 17.9 Å². The van der Waals surface area contributed by atoms with Gasteiger partial charge in [0.25, 0.3) is 5.91 Å². The van der Waals surface area contributed by atoms with Crippen molar-refractivity contribution in [1.82, 2.24) is 10.2 Å². The van der Waals surface area contributed by atoms with E-state index >= 15 is 0 Å². The van der Waals surface area contributed by atoms with Crippen LogP contribution < -0.4 is 14.8 Å². The van der Waals surface area contributed by atoms with Crippen molar-refractivity contribution >= 4 is 22.8 Å². The number of rotatable bonds is 6. The molecule has 36 heavy (non-hydrogen) atoms. The molecule has 0 radical (unpaired) electrons. The van der Waals surface area contributed by atoms with E-state index in [9.17, 15) is 9.59 Å². The van der Waals surface area contributed by atoms with E-state index in [0.29, 0.717) is 22.5 Å². The Labute approximate surface area is 209 Å². The molecule has 1 atom stereocenters. The molecular formula is C29H28N2O5. The van der Waals surface area contributed by atoms with Crippen molar-refractivity contribution in [2.75, 3.05) is 13.7 Å². The van der Waals surface area contributed by atoms with E-state index in [-0.39, 0.29) is 31.4 Å². The molecule has 1 aromatic heterocycles. The predicted octanol–water partition coefficient (Wildman–Crippen LogP) is 4.86. The molecule has 1 aliphatic rings. The first-order chi connectivity index (χ1) is 17.4. The Morgan fingerprint density at radius 1 is 1.03 bits per heavy atom. The third-order valence-electron chi connectivity index (χ3n) is 6.79. The average molecular weight is 485 g/mol. The molecule has 0 bridgehead atoms. The summed E-state index contributed by atoms with van der Waals surface area (Å²) in [7, 11) is 1.59. The minimum absolute atomic E-state index is 0.0289. The number of aryl methyl sites for hydroxylation is 1. The molecule has 2 heterocycles. The lowest BCUT2D eigenvalue weighted by Gasteiger charge is -2.38. The van der Waals surface area contributed by atoms with E-state index in [2.05, 4.69) is 5.32 Å². The first kappa shape index (κ1) is 23.5. The molecule has 5 rings (SSSR count). The predicted molar refractivity (Wildman–Crippen MR) is 136 cm³/mol. The molecule has 1 unspecified atom stereocenters. The van der Waals surface area contributed by atoms with E-state index in [1.165, 1.54) is 0 Å². The van der Waals surface area contributed by atoms with Crippen LogP contribution in [-0.4, -0.2) is 36.0 Å². The van der Waals surface area contributed by atoms with Crippen molar-refractivity contribution in [1.29, 1.82) is 0 Å². The molecule has 1 N–H and O–H groups in total. The van der Waals surface area contributed by atoms with Gasteiger partial charge < -0.3 is 24.1 Å². The number of carbonyl (C=O) groups is 2. The molecule has 7 nitrogen and oxygen atoms in total. The molecule has 0 spiro atoms. The summed E-state index contributed by atoms with van der Waals surface area (Å²) in [6.07, 6.45) is 0. The summed E-state index contributed by atoms with van der Waals surface area (Å²) in [5.41, 5.74) is 2.06. The van der Waals surface area contributed by atoms with Crippen molar-refractivity contribution < 1.29 is 23.5 Å². The molecule has 0 saturated heterocycles. The number of benzene rings is 3. The summed E-state index contributed by atoms with van der Waals surface area (Å²) in [4.78, 5) is 29.3. The molecule has 0 saturated carbocycles. The van der Waals surface area contributed by atoms with E-state index in [0.717, 1.165) is 16.7 Å². The van der Waals surface area contributed by atoms with Gasteiger partial charge in [-0.15, -0.1) is 0 Å². The summed E-state index contributed by atoms with van der Waals surface area (Å²) < 4.78 is 17.5. The molecule has 1 aliphatic heterocycles. The first-order valence-corrected chi connectivity index (χ1v) is 11.8. The number of fused-ring (bicyclic) bond motifs is 3. The highest BCUT2D eigenvalue weighted by atomic mass is 16.5. The van der Waals surface area contributed by atoms with Crippen LogP contribution in [0.4, 0.5) is 0 Å². The minimum atomic E-state index is -1.30. The van der Waals surface area contributed by atoms with Gasteiger partial charge in [0, 0.05) is 18.7 Å². The van der Waals surface area contributed by atoms with E-state index in [1.807, 2.05) is 73.7 Å². The summed E-state index contributed by atoms with van der Waals surface area (Å²) in [6.45, 7) is 4.16. The van der Waals surface area contributed by atoms with Crippen LogP contribution >= 0.6 is 0 Å². The van der Waals surface area contributed by atoms with Gasteiger partial charge in [0.05, 0.1) is 12.5 Å². The quantitative estimate of drug-likeness (QED) is 0.423. The lowest BCUT2D eigenvalue weighted by atomic mass is 9.97. The van der Waals surface area contributed by atoms with Gasteiger partial charge in [0.1, 0.15) is 17.9 Å². The number of amides is 2. The van der Waals surface area contributed by atoms with Gasteiger partial charge in [-0.1, -0.05) is 54.6 Å². The highest BCUT2D eigenvalue weighted by Gasteiger charge is 2.48. The fourth-order valence-corrected chi connectivity index (χ4v) is 4.55. The molecule has 0 aliphatic carbocycles.